The molecule has 0 aromatic heterocycles. The van der Waals surface area contributed by atoms with E-state index in [1.807, 2.05) is 0 Å². The predicted molar refractivity (Wildman–Crippen MR) is 74.9 cm³/mol. The highest BCUT2D eigenvalue weighted by Gasteiger charge is 2.11. The lowest BCUT2D eigenvalue weighted by molar-refractivity contribution is 0.338. The molecule has 2 N–H and O–H groups in total. The Labute approximate surface area is 115 Å². The highest BCUT2D eigenvalue weighted by molar-refractivity contribution is 9.10. The van der Waals surface area contributed by atoms with Gasteiger partial charge in [0.25, 0.3) is 0 Å². The molecule has 0 radical (unpaired) electrons. The first-order chi connectivity index (χ1) is 8.66. The molecule has 0 amide bonds. The zero-order valence-corrected chi connectivity index (χ0v) is 11.8. The standard InChI is InChI=1S/C13H17BrFN3/c14-12-5-4-11(15)8-10(12)9-17-13(16)18-6-2-1-3-7-18/h4-5,8H,1-3,6-7,9H2,(H2,16,17). The number of rotatable bonds is 2. The summed E-state index contributed by atoms with van der Waals surface area (Å²) >= 11 is 3.39. The van der Waals surface area contributed by atoms with E-state index in [0.29, 0.717) is 12.5 Å². The van der Waals surface area contributed by atoms with Crippen molar-refractivity contribution in [1.82, 2.24) is 4.90 Å². The summed E-state index contributed by atoms with van der Waals surface area (Å²) in [7, 11) is 0. The van der Waals surface area contributed by atoms with Gasteiger partial charge in [-0.25, -0.2) is 9.38 Å². The van der Waals surface area contributed by atoms with Gasteiger partial charge in [-0.05, 0) is 43.0 Å². The van der Waals surface area contributed by atoms with Crippen molar-refractivity contribution in [3.8, 4) is 0 Å². The molecule has 1 fully saturated rings. The van der Waals surface area contributed by atoms with Gasteiger partial charge in [-0.15, -0.1) is 0 Å². The minimum Gasteiger partial charge on any atom is -0.370 e. The second kappa shape index (κ2) is 6.18. The number of aliphatic imine (C=N–C) groups is 1. The fourth-order valence-electron chi connectivity index (χ4n) is 2.05. The van der Waals surface area contributed by atoms with E-state index < -0.39 is 0 Å². The molecule has 18 heavy (non-hydrogen) atoms. The number of hydrogen-bond donors (Lipinski definition) is 1. The molecule has 1 aromatic carbocycles. The third-order valence-corrected chi connectivity index (χ3v) is 3.87. The Morgan fingerprint density at radius 3 is 2.78 bits per heavy atom. The molecule has 1 aliphatic heterocycles. The summed E-state index contributed by atoms with van der Waals surface area (Å²) < 4.78 is 14.0. The van der Waals surface area contributed by atoms with E-state index in [9.17, 15) is 4.39 Å². The Kier molecular flexibility index (Phi) is 4.58. The molecule has 0 bridgehead atoms. The fourth-order valence-corrected chi connectivity index (χ4v) is 2.43. The van der Waals surface area contributed by atoms with Crippen molar-refractivity contribution in [3.63, 3.8) is 0 Å². The first-order valence-corrected chi connectivity index (χ1v) is 6.95. The Hall–Kier alpha value is -1.10. The van der Waals surface area contributed by atoms with E-state index in [4.69, 9.17) is 5.73 Å². The zero-order valence-electron chi connectivity index (χ0n) is 10.2. The Balaban J connectivity index is 2.02. The molecule has 1 saturated heterocycles. The molecule has 3 nitrogen and oxygen atoms in total. The molecule has 0 saturated carbocycles. The number of guanidine groups is 1. The molecule has 0 spiro atoms. The maximum absolute atomic E-state index is 13.1. The first-order valence-electron chi connectivity index (χ1n) is 6.15. The van der Waals surface area contributed by atoms with Gasteiger partial charge in [-0.3, -0.25) is 0 Å². The van der Waals surface area contributed by atoms with Gasteiger partial charge < -0.3 is 10.6 Å². The highest BCUT2D eigenvalue weighted by Crippen LogP contribution is 2.18. The van der Waals surface area contributed by atoms with Crippen LogP contribution in [0.3, 0.4) is 0 Å². The average molecular weight is 314 g/mol. The lowest BCUT2D eigenvalue weighted by Gasteiger charge is -2.27. The van der Waals surface area contributed by atoms with E-state index in [1.165, 1.54) is 31.4 Å². The van der Waals surface area contributed by atoms with Crippen molar-refractivity contribution < 1.29 is 4.39 Å². The van der Waals surface area contributed by atoms with Crippen molar-refractivity contribution in [2.75, 3.05) is 13.1 Å². The van der Waals surface area contributed by atoms with E-state index in [1.54, 1.807) is 6.07 Å². The summed E-state index contributed by atoms with van der Waals surface area (Å²) in [5, 5.41) is 0. The summed E-state index contributed by atoms with van der Waals surface area (Å²) in [4.78, 5) is 6.44. The molecule has 2 rings (SSSR count). The van der Waals surface area contributed by atoms with Crippen LogP contribution in [0.1, 0.15) is 24.8 Å². The minimum atomic E-state index is -0.250. The van der Waals surface area contributed by atoms with Crippen molar-refractivity contribution in [1.29, 1.82) is 0 Å². The van der Waals surface area contributed by atoms with Gasteiger partial charge in [0.1, 0.15) is 5.82 Å². The van der Waals surface area contributed by atoms with Gasteiger partial charge >= 0.3 is 0 Å². The first kappa shape index (κ1) is 13.3. The molecule has 5 heteroatoms. The Morgan fingerprint density at radius 2 is 2.06 bits per heavy atom. The van der Waals surface area contributed by atoms with Crippen LogP contribution in [0.5, 0.6) is 0 Å². The van der Waals surface area contributed by atoms with Gasteiger partial charge in [0.15, 0.2) is 5.96 Å². The molecule has 1 heterocycles. The lowest BCUT2D eigenvalue weighted by atomic mass is 10.1. The third kappa shape index (κ3) is 3.45. The number of halogens is 2. The van der Waals surface area contributed by atoms with E-state index in [2.05, 4.69) is 25.8 Å². The monoisotopic (exact) mass is 313 g/mol. The highest BCUT2D eigenvalue weighted by atomic mass is 79.9. The number of likely N-dealkylation sites (tertiary alicyclic amines) is 1. The second-order valence-electron chi connectivity index (χ2n) is 4.46. The smallest absolute Gasteiger partial charge is 0.191 e. The number of nitrogens with two attached hydrogens (primary N) is 1. The second-order valence-corrected chi connectivity index (χ2v) is 5.31. The van der Waals surface area contributed by atoms with Crippen molar-refractivity contribution in [2.45, 2.75) is 25.8 Å². The summed E-state index contributed by atoms with van der Waals surface area (Å²) in [6.07, 6.45) is 3.60. The van der Waals surface area contributed by atoms with Gasteiger partial charge in [-0.1, -0.05) is 15.9 Å². The minimum absolute atomic E-state index is 0.250. The van der Waals surface area contributed by atoms with Crippen molar-refractivity contribution in [3.05, 3.63) is 34.1 Å². The van der Waals surface area contributed by atoms with Crippen LogP contribution in [-0.2, 0) is 6.54 Å². The van der Waals surface area contributed by atoms with Crippen LogP contribution in [0.2, 0.25) is 0 Å². The number of nitrogens with zero attached hydrogens (tertiary/aromatic N) is 2. The van der Waals surface area contributed by atoms with Gasteiger partial charge in [0, 0.05) is 17.6 Å². The third-order valence-electron chi connectivity index (χ3n) is 3.10. The van der Waals surface area contributed by atoms with Gasteiger partial charge in [-0.2, -0.15) is 0 Å². The van der Waals surface area contributed by atoms with Gasteiger partial charge in [0.05, 0.1) is 6.54 Å². The molecular formula is C13H17BrFN3. The Morgan fingerprint density at radius 1 is 1.33 bits per heavy atom. The molecule has 98 valence electrons. The fraction of sp³-hybridized carbons (Fsp3) is 0.462. The number of hydrogen-bond acceptors (Lipinski definition) is 1. The molecule has 0 unspecified atom stereocenters. The quantitative estimate of drug-likeness (QED) is 0.674. The van der Waals surface area contributed by atoms with E-state index >= 15 is 0 Å². The topological polar surface area (TPSA) is 41.6 Å². The predicted octanol–water partition coefficient (Wildman–Crippen LogP) is 2.89. The zero-order chi connectivity index (χ0) is 13.0. The van der Waals surface area contributed by atoms with E-state index in [0.717, 1.165) is 23.1 Å². The van der Waals surface area contributed by atoms with Crippen LogP contribution in [0.4, 0.5) is 4.39 Å². The molecule has 0 aliphatic carbocycles. The maximum Gasteiger partial charge on any atom is 0.191 e. The number of piperidine rings is 1. The van der Waals surface area contributed by atoms with Crippen LogP contribution in [-0.4, -0.2) is 23.9 Å². The van der Waals surface area contributed by atoms with Crippen LogP contribution in [0, 0.1) is 5.82 Å². The largest absolute Gasteiger partial charge is 0.370 e. The van der Waals surface area contributed by atoms with E-state index in [-0.39, 0.29) is 5.82 Å². The molecular weight excluding hydrogens is 297 g/mol. The molecule has 1 aromatic rings. The Bertz CT molecular complexity index is 442. The van der Waals surface area contributed by atoms with Crippen LogP contribution >= 0.6 is 15.9 Å². The van der Waals surface area contributed by atoms with Crippen LogP contribution in [0.25, 0.3) is 0 Å². The summed E-state index contributed by atoms with van der Waals surface area (Å²) in [5.74, 6) is 0.311. The number of benzene rings is 1. The average Bonchev–Trinajstić information content (AvgIpc) is 2.40. The normalized spacial score (nSPS) is 17.0. The summed E-state index contributed by atoms with van der Waals surface area (Å²) in [5.41, 5.74) is 6.77. The lowest BCUT2D eigenvalue weighted by Crippen LogP contribution is -2.40. The summed E-state index contributed by atoms with van der Waals surface area (Å²) in [6, 6.07) is 4.60. The van der Waals surface area contributed by atoms with Gasteiger partial charge in [0.2, 0.25) is 0 Å². The van der Waals surface area contributed by atoms with Crippen molar-refractivity contribution >= 4 is 21.9 Å². The summed E-state index contributed by atoms with van der Waals surface area (Å²) in [6.45, 7) is 2.35. The maximum atomic E-state index is 13.1. The molecule has 0 atom stereocenters. The van der Waals surface area contributed by atoms with Crippen LogP contribution in [0.15, 0.2) is 27.7 Å². The SMILES string of the molecule is NC(=NCc1cc(F)ccc1Br)N1CCCCC1. The molecule has 1 aliphatic rings. The van der Waals surface area contributed by atoms with Crippen LogP contribution < -0.4 is 5.73 Å². The van der Waals surface area contributed by atoms with Crippen molar-refractivity contribution in [2.24, 2.45) is 10.7 Å².